The van der Waals surface area contributed by atoms with E-state index in [1.54, 1.807) is 12.1 Å². The van der Waals surface area contributed by atoms with Crippen LogP contribution in [0.1, 0.15) is 37.3 Å². The van der Waals surface area contributed by atoms with E-state index in [-0.39, 0.29) is 6.54 Å². The van der Waals surface area contributed by atoms with Crippen LogP contribution < -0.4 is 5.73 Å². The minimum Gasteiger partial charge on any atom is -0.330 e. The van der Waals surface area contributed by atoms with Crippen LogP contribution in [0.25, 0.3) is 0 Å². The highest BCUT2D eigenvalue weighted by molar-refractivity contribution is 5.37. The summed E-state index contributed by atoms with van der Waals surface area (Å²) in [5, 5.41) is 0. The summed E-state index contributed by atoms with van der Waals surface area (Å²) in [6, 6.07) is 5.86. The molecule has 0 heterocycles. The first kappa shape index (κ1) is 13.4. The van der Waals surface area contributed by atoms with E-state index in [1.165, 1.54) is 6.07 Å². The lowest BCUT2D eigenvalue weighted by Crippen LogP contribution is -2.34. The molecule has 2 atom stereocenters. The third-order valence-corrected chi connectivity index (χ3v) is 4.05. The zero-order valence-electron chi connectivity index (χ0n) is 10.4. The summed E-state index contributed by atoms with van der Waals surface area (Å²) in [6.07, 6.45) is -1.86. The van der Waals surface area contributed by atoms with Crippen molar-refractivity contribution >= 4 is 0 Å². The molecule has 1 aliphatic carbocycles. The average molecular weight is 257 g/mol. The lowest BCUT2D eigenvalue weighted by atomic mass is 9.76. The van der Waals surface area contributed by atoms with Crippen LogP contribution in [0.4, 0.5) is 13.2 Å². The second kappa shape index (κ2) is 4.57. The molecule has 0 bridgehead atoms. The molecule has 1 fully saturated rings. The maximum Gasteiger partial charge on any atom is 0.416 e. The lowest BCUT2D eigenvalue weighted by Gasteiger charge is -2.31. The Kier molecular flexibility index (Phi) is 3.41. The van der Waals surface area contributed by atoms with Crippen LogP contribution in [0.5, 0.6) is 0 Å². The highest BCUT2D eigenvalue weighted by atomic mass is 19.4. The molecule has 2 N–H and O–H groups in total. The molecule has 0 saturated heterocycles. The van der Waals surface area contributed by atoms with Crippen molar-refractivity contribution in [2.75, 3.05) is 6.54 Å². The van der Waals surface area contributed by atoms with Gasteiger partial charge in [-0.05, 0) is 36.8 Å². The second-order valence-corrected chi connectivity index (χ2v) is 5.38. The fraction of sp³-hybridized carbons (Fsp3) is 0.571. The fourth-order valence-corrected chi connectivity index (χ4v) is 3.13. The van der Waals surface area contributed by atoms with Crippen LogP contribution >= 0.6 is 0 Å². The van der Waals surface area contributed by atoms with Crippen molar-refractivity contribution in [3.05, 3.63) is 35.4 Å². The van der Waals surface area contributed by atoms with Gasteiger partial charge in [0.15, 0.2) is 0 Å². The van der Waals surface area contributed by atoms with Gasteiger partial charge < -0.3 is 5.73 Å². The number of hydrogen-bond donors (Lipinski definition) is 1. The molecule has 18 heavy (non-hydrogen) atoms. The van der Waals surface area contributed by atoms with E-state index < -0.39 is 17.2 Å². The minimum atomic E-state index is -4.30. The van der Waals surface area contributed by atoms with Crippen molar-refractivity contribution in [2.24, 2.45) is 11.7 Å². The Balaban J connectivity index is 2.50. The Morgan fingerprint density at radius 3 is 2.50 bits per heavy atom. The molecule has 1 nitrogen and oxygen atoms in total. The zero-order chi connectivity index (χ0) is 13.4. The van der Waals surface area contributed by atoms with E-state index >= 15 is 0 Å². The molecule has 2 rings (SSSR count). The van der Waals surface area contributed by atoms with Crippen molar-refractivity contribution in [1.29, 1.82) is 0 Å². The highest BCUT2D eigenvalue weighted by Gasteiger charge is 2.44. The number of rotatable bonds is 2. The molecule has 0 amide bonds. The van der Waals surface area contributed by atoms with Crippen LogP contribution in [-0.2, 0) is 11.6 Å². The van der Waals surface area contributed by atoms with E-state index in [0.29, 0.717) is 11.5 Å². The third-order valence-electron chi connectivity index (χ3n) is 4.05. The van der Waals surface area contributed by atoms with Gasteiger partial charge in [0.05, 0.1) is 5.56 Å². The van der Waals surface area contributed by atoms with Gasteiger partial charge in [-0.15, -0.1) is 0 Å². The lowest BCUT2D eigenvalue weighted by molar-refractivity contribution is -0.138. The smallest absolute Gasteiger partial charge is 0.330 e. The second-order valence-electron chi connectivity index (χ2n) is 5.38. The van der Waals surface area contributed by atoms with E-state index in [2.05, 4.69) is 6.92 Å². The SMILES string of the molecule is CC1CCC(CN)(c2ccccc2C(F)(F)F)C1. The molecule has 4 heteroatoms. The van der Waals surface area contributed by atoms with Gasteiger partial charge in [-0.1, -0.05) is 25.1 Å². The first-order valence-electron chi connectivity index (χ1n) is 6.26. The monoisotopic (exact) mass is 257 g/mol. The number of halogens is 3. The van der Waals surface area contributed by atoms with E-state index in [0.717, 1.165) is 25.3 Å². The normalized spacial score (nSPS) is 28.6. The molecule has 2 unspecified atom stereocenters. The minimum absolute atomic E-state index is 0.282. The fourth-order valence-electron chi connectivity index (χ4n) is 3.13. The van der Waals surface area contributed by atoms with E-state index in [4.69, 9.17) is 5.73 Å². The summed E-state index contributed by atoms with van der Waals surface area (Å²) in [6.45, 7) is 2.36. The number of benzene rings is 1. The summed E-state index contributed by atoms with van der Waals surface area (Å²) in [5.41, 5.74) is 5.17. The predicted molar refractivity (Wildman–Crippen MR) is 65.2 cm³/mol. The third kappa shape index (κ3) is 2.26. The average Bonchev–Trinajstić information content (AvgIpc) is 2.71. The van der Waals surface area contributed by atoms with Gasteiger partial charge in [0, 0.05) is 12.0 Å². The van der Waals surface area contributed by atoms with Crippen molar-refractivity contribution in [2.45, 2.75) is 37.8 Å². The van der Waals surface area contributed by atoms with Crippen LogP contribution in [0.15, 0.2) is 24.3 Å². The first-order valence-corrected chi connectivity index (χ1v) is 6.26. The first-order chi connectivity index (χ1) is 8.39. The van der Waals surface area contributed by atoms with Crippen LogP contribution in [0.3, 0.4) is 0 Å². The van der Waals surface area contributed by atoms with Crippen LogP contribution in [-0.4, -0.2) is 6.54 Å². The summed E-state index contributed by atoms with van der Waals surface area (Å²) in [7, 11) is 0. The molecule has 0 aliphatic heterocycles. The summed E-state index contributed by atoms with van der Waals surface area (Å²) in [4.78, 5) is 0. The van der Waals surface area contributed by atoms with Crippen molar-refractivity contribution in [3.8, 4) is 0 Å². The Morgan fingerprint density at radius 2 is 2.00 bits per heavy atom. The molecule has 1 aromatic carbocycles. The number of nitrogens with two attached hydrogens (primary N) is 1. The van der Waals surface area contributed by atoms with Gasteiger partial charge >= 0.3 is 6.18 Å². The summed E-state index contributed by atoms with van der Waals surface area (Å²) in [5.74, 6) is 0.440. The standard InChI is InChI=1S/C14H18F3N/c1-10-6-7-13(8-10,9-18)11-4-2-3-5-12(11)14(15,16)17/h2-5,10H,6-9,18H2,1H3. The van der Waals surface area contributed by atoms with E-state index in [9.17, 15) is 13.2 Å². The van der Waals surface area contributed by atoms with Gasteiger partial charge in [0.1, 0.15) is 0 Å². The maximum atomic E-state index is 13.1. The molecule has 0 spiro atoms. The Bertz CT molecular complexity index is 427. The quantitative estimate of drug-likeness (QED) is 0.858. The molecular weight excluding hydrogens is 239 g/mol. The van der Waals surface area contributed by atoms with Gasteiger partial charge in [0.2, 0.25) is 0 Å². The summed E-state index contributed by atoms with van der Waals surface area (Å²) >= 11 is 0. The molecule has 1 saturated carbocycles. The van der Waals surface area contributed by atoms with Gasteiger partial charge in [-0.25, -0.2) is 0 Å². The van der Waals surface area contributed by atoms with Gasteiger partial charge in [-0.2, -0.15) is 13.2 Å². The van der Waals surface area contributed by atoms with Crippen LogP contribution in [0, 0.1) is 5.92 Å². The van der Waals surface area contributed by atoms with Gasteiger partial charge in [0.25, 0.3) is 0 Å². The number of alkyl halides is 3. The van der Waals surface area contributed by atoms with Crippen molar-refractivity contribution < 1.29 is 13.2 Å². The topological polar surface area (TPSA) is 26.0 Å². The van der Waals surface area contributed by atoms with Crippen molar-refractivity contribution in [3.63, 3.8) is 0 Å². The Morgan fingerprint density at radius 1 is 1.33 bits per heavy atom. The zero-order valence-corrected chi connectivity index (χ0v) is 10.4. The molecule has 100 valence electrons. The molecule has 1 aliphatic rings. The maximum absolute atomic E-state index is 13.1. The Hall–Kier alpha value is -1.03. The molecule has 0 aromatic heterocycles. The summed E-state index contributed by atoms with van der Waals surface area (Å²) < 4.78 is 39.2. The van der Waals surface area contributed by atoms with E-state index in [1.807, 2.05) is 0 Å². The van der Waals surface area contributed by atoms with Crippen LogP contribution in [0.2, 0.25) is 0 Å². The van der Waals surface area contributed by atoms with Gasteiger partial charge in [-0.3, -0.25) is 0 Å². The predicted octanol–water partition coefficient (Wildman–Crippen LogP) is 3.72. The number of hydrogen-bond acceptors (Lipinski definition) is 1. The highest BCUT2D eigenvalue weighted by Crippen LogP contribution is 2.47. The molecule has 0 radical (unpaired) electrons. The molecule has 1 aromatic rings. The Labute approximate surface area is 105 Å². The largest absolute Gasteiger partial charge is 0.416 e. The molecular formula is C14H18F3N. The van der Waals surface area contributed by atoms with Crippen molar-refractivity contribution in [1.82, 2.24) is 0 Å².